The molecule has 0 aliphatic carbocycles. The molecule has 1 heterocycles. The molecule has 2 aromatic rings. The van der Waals surface area contributed by atoms with E-state index in [0.29, 0.717) is 11.3 Å². The summed E-state index contributed by atoms with van der Waals surface area (Å²) in [6, 6.07) is 6.38. The Bertz CT molecular complexity index is 925. The molecule has 0 unspecified atom stereocenters. The fourth-order valence-corrected chi connectivity index (χ4v) is 3.08. The van der Waals surface area contributed by atoms with Gasteiger partial charge in [-0.05, 0) is 44.2 Å². The SMILES string of the molecule is C=C(C)CN(C(=O)c1ccc(C)nn1)c1ccc(F)cc1S(C)(=O)=O. The lowest BCUT2D eigenvalue weighted by Crippen LogP contribution is -2.34. The van der Waals surface area contributed by atoms with Crippen LogP contribution in [0.1, 0.15) is 23.1 Å². The Kier molecular flexibility index (Phi) is 5.32. The number of hydrogen-bond donors (Lipinski definition) is 0. The Hall–Kier alpha value is -2.61. The highest BCUT2D eigenvalue weighted by molar-refractivity contribution is 7.90. The molecular formula is C17H18FN3O3S. The van der Waals surface area contributed by atoms with Gasteiger partial charge < -0.3 is 4.90 Å². The van der Waals surface area contributed by atoms with Crippen LogP contribution in [0.3, 0.4) is 0 Å². The van der Waals surface area contributed by atoms with Crippen molar-refractivity contribution in [2.75, 3.05) is 17.7 Å². The minimum absolute atomic E-state index is 0.0515. The highest BCUT2D eigenvalue weighted by Crippen LogP contribution is 2.28. The third kappa shape index (κ3) is 4.48. The molecule has 0 bridgehead atoms. The summed E-state index contributed by atoms with van der Waals surface area (Å²) in [5, 5.41) is 7.69. The lowest BCUT2D eigenvalue weighted by Gasteiger charge is -2.24. The van der Waals surface area contributed by atoms with Crippen LogP contribution in [0.15, 0.2) is 47.4 Å². The molecule has 1 amide bonds. The lowest BCUT2D eigenvalue weighted by molar-refractivity contribution is 0.0982. The number of benzene rings is 1. The summed E-state index contributed by atoms with van der Waals surface area (Å²) < 4.78 is 37.7. The molecule has 1 aromatic carbocycles. The third-order valence-electron chi connectivity index (χ3n) is 3.30. The molecule has 0 spiro atoms. The van der Waals surface area contributed by atoms with E-state index in [1.54, 1.807) is 19.9 Å². The van der Waals surface area contributed by atoms with E-state index in [1.807, 2.05) is 0 Å². The summed E-state index contributed by atoms with van der Waals surface area (Å²) in [5.74, 6) is -1.26. The number of anilines is 1. The molecule has 0 fully saturated rings. The van der Waals surface area contributed by atoms with Gasteiger partial charge in [0.05, 0.1) is 16.3 Å². The van der Waals surface area contributed by atoms with Gasteiger partial charge in [-0.25, -0.2) is 12.8 Å². The van der Waals surface area contributed by atoms with Crippen molar-refractivity contribution in [3.05, 3.63) is 59.7 Å². The van der Waals surface area contributed by atoms with Gasteiger partial charge in [-0.15, -0.1) is 5.10 Å². The number of rotatable bonds is 5. The van der Waals surface area contributed by atoms with Crippen molar-refractivity contribution in [3.63, 3.8) is 0 Å². The average Bonchev–Trinajstić information content (AvgIpc) is 2.52. The summed E-state index contributed by atoms with van der Waals surface area (Å²) in [6.07, 6.45) is 0.959. The number of carbonyl (C=O) groups excluding carboxylic acids is 1. The molecular weight excluding hydrogens is 345 g/mol. The average molecular weight is 363 g/mol. The minimum atomic E-state index is -3.76. The number of sulfone groups is 1. The highest BCUT2D eigenvalue weighted by atomic mass is 32.2. The van der Waals surface area contributed by atoms with Crippen molar-refractivity contribution in [2.45, 2.75) is 18.7 Å². The van der Waals surface area contributed by atoms with Crippen molar-refractivity contribution >= 4 is 21.4 Å². The van der Waals surface area contributed by atoms with Crippen LogP contribution in [0.4, 0.5) is 10.1 Å². The van der Waals surface area contributed by atoms with Gasteiger partial charge in [0, 0.05) is 12.8 Å². The van der Waals surface area contributed by atoms with E-state index in [4.69, 9.17) is 0 Å². The fourth-order valence-electron chi connectivity index (χ4n) is 2.20. The monoisotopic (exact) mass is 363 g/mol. The maximum atomic E-state index is 13.6. The number of aromatic nitrogens is 2. The van der Waals surface area contributed by atoms with E-state index in [-0.39, 0.29) is 22.8 Å². The summed E-state index contributed by atoms with van der Waals surface area (Å²) in [7, 11) is -3.76. The van der Waals surface area contributed by atoms with Gasteiger partial charge in [-0.2, -0.15) is 5.10 Å². The highest BCUT2D eigenvalue weighted by Gasteiger charge is 2.25. The second kappa shape index (κ2) is 7.10. The second-order valence-corrected chi connectivity index (χ2v) is 7.78. The Morgan fingerprint density at radius 2 is 1.92 bits per heavy atom. The number of carbonyl (C=O) groups is 1. The Balaban J connectivity index is 2.61. The molecule has 0 atom stereocenters. The predicted molar refractivity (Wildman–Crippen MR) is 92.8 cm³/mol. The first-order chi connectivity index (χ1) is 11.6. The quantitative estimate of drug-likeness (QED) is 0.763. The van der Waals surface area contributed by atoms with Gasteiger partial charge in [-0.3, -0.25) is 4.79 Å². The van der Waals surface area contributed by atoms with Gasteiger partial charge in [0.2, 0.25) is 0 Å². The first-order valence-electron chi connectivity index (χ1n) is 7.36. The van der Waals surface area contributed by atoms with Crippen LogP contribution in [0.25, 0.3) is 0 Å². The Labute approximate surface area is 145 Å². The molecule has 8 heteroatoms. The van der Waals surface area contributed by atoms with Crippen molar-refractivity contribution in [2.24, 2.45) is 0 Å². The van der Waals surface area contributed by atoms with Crippen molar-refractivity contribution < 1.29 is 17.6 Å². The van der Waals surface area contributed by atoms with E-state index < -0.39 is 21.6 Å². The van der Waals surface area contributed by atoms with Gasteiger partial charge in [0.25, 0.3) is 5.91 Å². The van der Waals surface area contributed by atoms with Crippen LogP contribution in [0, 0.1) is 12.7 Å². The topological polar surface area (TPSA) is 80.2 Å². The molecule has 0 aliphatic rings. The van der Waals surface area contributed by atoms with Crippen LogP contribution in [0.5, 0.6) is 0 Å². The smallest absolute Gasteiger partial charge is 0.279 e. The molecule has 0 saturated heterocycles. The number of hydrogen-bond acceptors (Lipinski definition) is 5. The standard InChI is InChI=1S/C17H18FN3O3S/c1-11(2)10-21(17(22)14-7-5-12(3)19-20-14)15-8-6-13(18)9-16(15)25(4,23)24/h5-9H,1,10H2,2-4H3. The molecule has 0 radical (unpaired) electrons. The first kappa shape index (κ1) is 18.7. The molecule has 2 rings (SSSR count). The number of aryl methyl sites for hydroxylation is 1. The summed E-state index contributed by atoms with van der Waals surface area (Å²) in [4.78, 5) is 13.8. The van der Waals surface area contributed by atoms with Gasteiger partial charge >= 0.3 is 0 Å². The van der Waals surface area contributed by atoms with Crippen molar-refractivity contribution in [3.8, 4) is 0 Å². The van der Waals surface area contributed by atoms with Crippen LogP contribution >= 0.6 is 0 Å². The molecule has 25 heavy (non-hydrogen) atoms. The Morgan fingerprint density at radius 1 is 1.24 bits per heavy atom. The molecule has 0 aliphatic heterocycles. The number of halogens is 1. The Morgan fingerprint density at radius 3 is 2.44 bits per heavy atom. The second-order valence-electron chi connectivity index (χ2n) is 5.79. The van der Waals surface area contributed by atoms with E-state index in [2.05, 4.69) is 16.8 Å². The lowest BCUT2D eigenvalue weighted by atomic mass is 10.2. The zero-order valence-corrected chi connectivity index (χ0v) is 15.0. The normalized spacial score (nSPS) is 11.2. The fraction of sp³-hybridized carbons (Fsp3) is 0.235. The molecule has 0 N–H and O–H groups in total. The maximum Gasteiger partial charge on any atom is 0.279 e. The molecule has 1 aromatic heterocycles. The molecule has 0 saturated carbocycles. The minimum Gasteiger partial charge on any atom is -0.302 e. The van der Waals surface area contributed by atoms with Gasteiger partial charge in [-0.1, -0.05) is 12.2 Å². The van der Waals surface area contributed by atoms with E-state index in [1.165, 1.54) is 17.0 Å². The third-order valence-corrected chi connectivity index (χ3v) is 4.43. The van der Waals surface area contributed by atoms with Gasteiger partial charge in [0.15, 0.2) is 15.5 Å². The number of amides is 1. The van der Waals surface area contributed by atoms with Crippen LogP contribution in [0.2, 0.25) is 0 Å². The first-order valence-corrected chi connectivity index (χ1v) is 9.25. The summed E-state index contributed by atoms with van der Waals surface area (Å²) in [6.45, 7) is 7.25. The van der Waals surface area contributed by atoms with Crippen LogP contribution < -0.4 is 4.90 Å². The van der Waals surface area contributed by atoms with E-state index in [9.17, 15) is 17.6 Å². The zero-order valence-electron chi connectivity index (χ0n) is 14.2. The van der Waals surface area contributed by atoms with Gasteiger partial charge in [0.1, 0.15) is 5.82 Å². The maximum absolute atomic E-state index is 13.6. The zero-order chi connectivity index (χ0) is 18.8. The number of nitrogens with zero attached hydrogens (tertiary/aromatic N) is 3. The summed E-state index contributed by atoms with van der Waals surface area (Å²) >= 11 is 0. The molecule has 132 valence electrons. The molecule has 6 nitrogen and oxygen atoms in total. The summed E-state index contributed by atoms with van der Waals surface area (Å²) in [5.41, 5.74) is 1.38. The van der Waals surface area contributed by atoms with E-state index >= 15 is 0 Å². The van der Waals surface area contributed by atoms with Crippen LogP contribution in [-0.2, 0) is 9.84 Å². The largest absolute Gasteiger partial charge is 0.302 e. The van der Waals surface area contributed by atoms with E-state index in [0.717, 1.165) is 18.4 Å². The van der Waals surface area contributed by atoms with Crippen molar-refractivity contribution in [1.82, 2.24) is 10.2 Å². The van der Waals surface area contributed by atoms with Crippen LogP contribution in [-0.4, -0.2) is 37.3 Å². The van der Waals surface area contributed by atoms with Crippen molar-refractivity contribution in [1.29, 1.82) is 0 Å². The predicted octanol–water partition coefficient (Wildman–Crippen LogP) is 2.55.